The van der Waals surface area contributed by atoms with Crippen LogP contribution in [-0.4, -0.2) is 37.4 Å². The largest absolute Gasteiger partial charge is 0.355 e. The van der Waals surface area contributed by atoms with Crippen LogP contribution in [0.25, 0.3) is 0 Å². The van der Waals surface area contributed by atoms with E-state index in [4.69, 9.17) is 0 Å². The van der Waals surface area contributed by atoms with E-state index in [-0.39, 0.29) is 11.8 Å². The maximum atomic E-state index is 13.0. The molecule has 0 spiro atoms. The molecule has 0 radical (unpaired) electrons. The Morgan fingerprint density at radius 1 is 1.08 bits per heavy atom. The van der Waals surface area contributed by atoms with E-state index in [0.717, 1.165) is 17.7 Å². The Balaban J connectivity index is 2.32. The van der Waals surface area contributed by atoms with Crippen molar-refractivity contribution in [3.63, 3.8) is 0 Å². The number of carbonyl (C=O) groups excluding carboxylic acids is 2. The zero-order valence-corrected chi connectivity index (χ0v) is 15.2. The van der Waals surface area contributed by atoms with E-state index in [1.807, 2.05) is 62.2 Å². The molecule has 1 atom stereocenters. The number of benzene rings is 2. The van der Waals surface area contributed by atoms with Gasteiger partial charge in [0, 0.05) is 18.3 Å². The van der Waals surface area contributed by atoms with Crippen molar-refractivity contribution in [3.05, 3.63) is 65.2 Å². The smallest absolute Gasteiger partial charge is 0.251 e. The average molecular weight is 339 g/mol. The number of nitrogens with one attached hydrogen (secondary N) is 2. The van der Waals surface area contributed by atoms with Crippen molar-refractivity contribution >= 4 is 17.5 Å². The fourth-order valence-electron chi connectivity index (χ4n) is 2.78. The van der Waals surface area contributed by atoms with Gasteiger partial charge in [-0.1, -0.05) is 43.3 Å². The summed E-state index contributed by atoms with van der Waals surface area (Å²) in [6, 6.07) is 14.6. The van der Waals surface area contributed by atoms with Gasteiger partial charge in [0.2, 0.25) is 5.91 Å². The van der Waals surface area contributed by atoms with Crippen LogP contribution in [0.4, 0.5) is 5.69 Å². The molecule has 0 heterocycles. The fourth-order valence-corrected chi connectivity index (χ4v) is 2.78. The lowest BCUT2D eigenvalue weighted by Gasteiger charge is -2.26. The van der Waals surface area contributed by atoms with Gasteiger partial charge in [0.15, 0.2) is 0 Å². The van der Waals surface area contributed by atoms with Gasteiger partial charge in [-0.05, 0) is 43.8 Å². The topological polar surface area (TPSA) is 61.4 Å². The highest BCUT2D eigenvalue weighted by atomic mass is 16.2. The van der Waals surface area contributed by atoms with Gasteiger partial charge in [-0.15, -0.1) is 0 Å². The van der Waals surface area contributed by atoms with E-state index >= 15 is 0 Å². The van der Waals surface area contributed by atoms with Gasteiger partial charge in [-0.3, -0.25) is 14.5 Å². The van der Waals surface area contributed by atoms with Gasteiger partial charge < -0.3 is 10.6 Å². The zero-order chi connectivity index (χ0) is 18.4. The molecule has 0 aliphatic heterocycles. The molecule has 2 aromatic rings. The lowest BCUT2D eigenvalue weighted by atomic mass is 10.0. The van der Waals surface area contributed by atoms with Crippen LogP contribution >= 0.6 is 0 Å². The molecule has 0 fully saturated rings. The summed E-state index contributed by atoms with van der Waals surface area (Å²) in [5, 5.41) is 5.60. The Hall–Kier alpha value is -2.66. The minimum Gasteiger partial charge on any atom is -0.355 e. The van der Waals surface area contributed by atoms with Crippen molar-refractivity contribution in [1.82, 2.24) is 10.2 Å². The number of anilines is 1. The Morgan fingerprint density at radius 3 is 2.36 bits per heavy atom. The third-order valence-corrected chi connectivity index (χ3v) is 4.37. The van der Waals surface area contributed by atoms with E-state index in [1.54, 1.807) is 19.2 Å². The van der Waals surface area contributed by atoms with Crippen LogP contribution < -0.4 is 10.6 Å². The molecule has 5 heteroatoms. The fraction of sp³-hybridized carbons (Fsp3) is 0.300. The van der Waals surface area contributed by atoms with Crippen LogP contribution in [-0.2, 0) is 4.79 Å². The number of hydrogen-bond acceptors (Lipinski definition) is 3. The zero-order valence-electron chi connectivity index (χ0n) is 15.2. The first-order chi connectivity index (χ1) is 12.0. The molecule has 0 unspecified atom stereocenters. The monoisotopic (exact) mass is 339 g/mol. The standard InChI is InChI=1S/C20H25N3O2/c1-5-23(4)18(15-10-7-6-8-11-15)20(25)22-17-13-9-12-16(14(17)2)19(24)21-3/h6-13,18H,5H2,1-4H3,(H,21,24)(H,22,25)/t18-/m0/s1. The molecule has 0 saturated carbocycles. The number of nitrogens with zero attached hydrogens (tertiary/aromatic N) is 1. The first kappa shape index (κ1) is 18.7. The van der Waals surface area contributed by atoms with Gasteiger partial charge in [-0.2, -0.15) is 0 Å². The second kappa shape index (κ2) is 8.44. The second-order valence-electron chi connectivity index (χ2n) is 5.93. The molecule has 25 heavy (non-hydrogen) atoms. The predicted molar refractivity (Wildman–Crippen MR) is 101 cm³/mol. The van der Waals surface area contributed by atoms with Gasteiger partial charge in [0.1, 0.15) is 6.04 Å². The third kappa shape index (κ3) is 4.25. The highest BCUT2D eigenvalue weighted by Gasteiger charge is 2.25. The van der Waals surface area contributed by atoms with Crippen LogP contribution in [0.3, 0.4) is 0 Å². The summed E-state index contributed by atoms with van der Waals surface area (Å²) in [6.07, 6.45) is 0. The van der Waals surface area contributed by atoms with Gasteiger partial charge >= 0.3 is 0 Å². The number of amides is 2. The molecular weight excluding hydrogens is 314 g/mol. The van der Waals surface area contributed by atoms with Gasteiger partial charge in [0.05, 0.1) is 0 Å². The average Bonchev–Trinajstić information content (AvgIpc) is 2.63. The SMILES string of the molecule is CCN(C)[C@H](C(=O)Nc1cccc(C(=O)NC)c1C)c1ccccc1. The number of likely N-dealkylation sites (N-methyl/N-ethyl adjacent to an activating group) is 1. The van der Waals surface area contributed by atoms with E-state index in [2.05, 4.69) is 10.6 Å². The second-order valence-corrected chi connectivity index (χ2v) is 5.93. The molecule has 0 aliphatic carbocycles. The summed E-state index contributed by atoms with van der Waals surface area (Å²) < 4.78 is 0. The Bertz CT molecular complexity index is 744. The van der Waals surface area contributed by atoms with Crippen LogP contribution in [0.5, 0.6) is 0 Å². The summed E-state index contributed by atoms with van der Waals surface area (Å²) in [5.41, 5.74) is 2.89. The molecule has 0 aromatic heterocycles. The molecule has 2 N–H and O–H groups in total. The van der Waals surface area contributed by atoms with Crippen molar-refractivity contribution in [2.24, 2.45) is 0 Å². The van der Waals surface area contributed by atoms with Crippen molar-refractivity contribution in [2.75, 3.05) is 26.0 Å². The lowest BCUT2D eigenvalue weighted by Crippen LogP contribution is -2.34. The molecule has 132 valence electrons. The first-order valence-corrected chi connectivity index (χ1v) is 8.37. The van der Waals surface area contributed by atoms with E-state index in [0.29, 0.717) is 11.3 Å². The van der Waals surface area contributed by atoms with E-state index in [9.17, 15) is 9.59 Å². The number of hydrogen-bond donors (Lipinski definition) is 2. The molecule has 2 aromatic carbocycles. The predicted octanol–water partition coefficient (Wildman–Crippen LogP) is 2.99. The van der Waals surface area contributed by atoms with Crippen LogP contribution in [0.15, 0.2) is 48.5 Å². The van der Waals surface area contributed by atoms with Crippen molar-refractivity contribution < 1.29 is 9.59 Å². The van der Waals surface area contributed by atoms with Gasteiger partial charge in [0.25, 0.3) is 5.91 Å². The maximum absolute atomic E-state index is 13.0. The Labute approximate surface area is 149 Å². The number of rotatable bonds is 6. The molecule has 0 saturated heterocycles. The summed E-state index contributed by atoms with van der Waals surface area (Å²) in [5.74, 6) is -0.286. The van der Waals surface area contributed by atoms with Gasteiger partial charge in [-0.25, -0.2) is 0 Å². The summed E-state index contributed by atoms with van der Waals surface area (Å²) in [6.45, 7) is 4.59. The quantitative estimate of drug-likeness (QED) is 0.850. The van der Waals surface area contributed by atoms with Crippen molar-refractivity contribution in [2.45, 2.75) is 19.9 Å². The third-order valence-electron chi connectivity index (χ3n) is 4.37. The Kier molecular flexibility index (Phi) is 6.31. The molecule has 0 aliphatic rings. The van der Waals surface area contributed by atoms with E-state index in [1.165, 1.54) is 0 Å². The Morgan fingerprint density at radius 2 is 1.76 bits per heavy atom. The minimum atomic E-state index is -0.394. The summed E-state index contributed by atoms with van der Waals surface area (Å²) in [4.78, 5) is 26.9. The molecule has 5 nitrogen and oxygen atoms in total. The van der Waals surface area contributed by atoms with Crippen molar-refractivity contribution in [3.8, 4) is 0 Å². The molecule has 0 bridgehead atoms. The molecular formula is C20H25N3O2. The summed E-state index contributed by atoms with van der Waals surface area (Å²) in [7, 11) is 3.51. The molecule has 2 rings (SSSR count). The minimum absolute atomic E-state index is 0.118. The van der Waals surface area contributed by atoms with Crippen molar-refractivity contribution in [1.29, 1.82) is 0 Å². The van der Waals surface area contributed by atoms with E-state index < -0.39 is 6.04 Å². The number of carbonyl (C=O) groups is 2. The van der Waals surface area contributed by atoms with Crippen LogP contribution in [0.2, 0.25) is 0 Å². The first-order valence-electron chi connectivity index (χ1n) is 8.37. The van der Waals surface area contributed by atoms with Crippen LogP contribution in [0.1, 0.15) is 34.5 Å². The maximum Gasteiger partial charge on any atom is 0.251 e. The van der Waals surface area contributed by atoms with Crippen LogP contribution in [0, 0.1) is 6.92 Å². The highest BCUT2D eigenvalue weighted by molar-refractivity contribution is 6.00. The highest BCUT2D eigenvalue weighted by Crippen LogP contribution is 2.24. The summed E-state index contributed by atoms with van der Waals surface area (Å²) >= 11 is 0. The normalized spacial score (nSPS) is 11.9. The lowest BCUT2D eigenvalue weighted by molar-refractivity contribution is -0.121. The molecule has 2 amide bonds.